The van der Waals surface area contributed by atoms with Crippen LogP contribution in [0.3, 0.4) is 0 Å². The van der Waals surface area contributed by atoms with Crippen molar-refractivity contribution >= 4 is 0 Å². The molecule has 0 aliphatic heterocycles. The van der Waals surface area contributed by atoms with E-state index in [0.717, 1.165) is 0 Å². The van der Waals surface area contributed by atoms with Gasteiger partial charge in [0.15, 0.2) is 0 Å². The first-order valence-corrected chi connectivity index (χ1v) is 3.78. The Balaban J connectivity index is 2.93. The fourth-order valence-electron chi connectivity index (χ4n) is 1.34. The van der Waals surface area contributed by atoms with Crippen molar-refractivity contribution in [1.82, 2.24) is 0 Å². The summed E-state index contributed by atoms with van der Waals surface area (Å²) in [7, 11) is 0. The Morgan fingerprint density at radius 2 is 1.08 bits per heavy atom. The fraction of sp³-hybridized carbons (Fsp3) is 0.857. The van der Waals surface area contributed by atoms with Crippen LogP contribution < -0.4 is 0 Å². The van der Waals surface area contributed by atoms with Crippen molar-refractivity contribution in [3.8, 4) is 0 Å². The van der Waals surface area contributed by atoms with Gasteiger partial charge in [-0.1, -0.05) is 0 Å². The smallest absolute Gasteiger partial charge is 0.122 e. The topological polar surface area (TPSA) is 121 Å². The van der Waals surface area contributed by atoms with E-state index < -0.39 is 36.1 Å². The van der Waals surface area contributed by atoms with Crippen LogP contribution in [0.5, 0.6) is 0 Å². The van der Waals surface area contributed by atoms with E-state index in [1.165, 1.54) is 0 Å². The second-order valence-corrected chi connectivity index (χ2v) is 3.35. The molecule has 0 bridgehead atoms. The second-order valence-electron chi connectivity index (χ2n) is 3.35. The summed E-state index contributed by atoms with van der Waals surface area (Å²) in [6.45, 7) is 3.05. The Labute approximate surface area is 74.7 Å². The summed E-state index contributed by atoms with van der Waals surface area (Å²) in [4.78, 5) is 0. The maximum absolute atomic E-state index is 9.33. The van der Waals surface area contributed by atoms with Crippen molar-refractivity contribution in [3.05, 3.63) is 6.92 Å². The van der Waals surface area contributed by atoms with Gasteiger partial charge in [-0.05, 0) is 6.92 Å². The van der Waals surface area contributed by atoms with Crippen molar-refractivity contribution in [3.63, 3.8) is 0 Å². The zero-order chi connectivity index (χ0) is 10.4. The third-order valence-corrected chi connectivity index (χ3v) is 2.37. The van der Waals surface area contributed by atoms with Gasteiger partial charge in [-0.15, -0.1) is 0 Å². The van der Waals surface area contributed by atoms with E-state index in [1.54, 1.807) is 0 Å². The van der Waals surface area contributed by atoms with E-state index in [4.69, 9.17) is 15.3 Å². The highest BCUT2D eigenvalue weighted by Gasteiger charge is 2.54. The molecule has 0 unspecified atom stereocenters. The summed E-state index contributed by atoms with van der Waals surface area (Å²) in [6.07, 6.45) is -8.78. The van der Waals surface area contributed by atoms with E-state index in [-0.39, 0.29) is 0 Å². The molecule has 6 N–H and O–H groups in total. The normalized spacial score (nSPS) is 57.9. The Morgan fingerprint density at radius 1 is 0.769 bits per heavy atom. The van der Waals surface area contributed by atoms with E-state index in [1.807, 2.05) is 0 Å². The Morgan fingerprint density at radius 3 is 1.38 bits per heavy atom. The molecule has 1 fully saturated rings. The summed E-state index contributed by atoms with van der Waals surface area (Å²) in [5, 5.41) is 54.9. The van der Waals surface area contributed by atoms with Crippen LogP contribution in [0.2, 0.25) is 0 Å². The maximum Gasteiger partial charge on any atom is 0.122 e. The van der Waals surface area contributed by atoms with Gasteiger partial charge in [-0.2, -0.15) is 0 Å². The average Bonchev–Trinajstić information content (AvgIpc) is 2.09. The van der Waals surface area contributed by atoms with Crippen LogP contribution in [-0.4, -0.2) is 66.8 Å². The number of aliphatic hydroxyl groups excluding tert-OH is 5. The van der Waals surface area contributed by atoms with Crippen LogP contribution in [0, 0.1) is 6.92 Å². The number of hydrogen-bond acceptors (Lipinski definition) is 6. The molecular formula is C7H13O6. The maximum atomic E-state index is 9.33. The minimum atomic E-state index is -2.28. The van der Waals surface area contributed by atoms with Crippen molar-refractivity contribution in [2.45, 2.75) is 36.1 Å². The molecule has 0 aromatic carbocycles. The van der Waals surface area contributed by atoms with Crippen LogP contribution in [-0.2, 0) is 0 Å². The number of hydrogen-bond donors (Lipinski definition) is 6. The second kappa shape index (κ2) is 3.16. The van der Waals surface area contributed by atoms with Crippen molar-refractivity contribution in [2.75, 3.05) is 0 Å². The van der Waals surface area contributed by atoms with Gasteiger partial charge in [0.1, 0.15) is 36.1 Å². The molecule has 77 valence electrons. The van der Waals surface area contributed by atoms with Crippen molar-refractivity contribution in [2.24, 2.45) is 0 Å². The highest BCUT2D eigenvalue weighted by atomic mass is 16.4. The molecule has 0 aromatic heterocycles. The van der Waals surface area contributed by atoms with Gasteiger partial charge in [-0.25, -0.2) is 0 Å². The van der Waals surface area contributed by atoms with Gasteiger partial charge in [0, 0.05) is 0 Å². The first-order valence-electron chi connectivity index (χ1n) is 3.78. The molecule has 6 heteroatoms. The fourth-order valence-corrected chi connectivity index (χ4v) is 1.34. The van der Waals surface area contributed by atoms with Crippen LogP contribution >= 0.6 is 0 Å². The molecule has 13 heavy (non-hydrogen) atoms. The average molecular weight is 193 g/mol. The first-order chi connectivity index (χ1) is 5.80. The summed E-state index contributed by atoms with van der Waals surface area (Å²) >= 11 is 0. The van der Waals surface area contributed by atoms with Gasteiger partial charge in [0.2, 0.25) is 0 Å². The molecule has 0 aromatic rings. The Bertz CT molecular complexity index is 175. The van der Waals surface area contributed by atoms with Gasteiger partial charge < -0.3 is 30.6 Å². The largest absolute Gasteiger partial charge is 0.387 e. The number of rotatable bonds is 0. The van der Waals surface area contributed by atoms with E-state index in [0.29, 0.717) is 0 Å². The molecule has 1 radical (unpaired) electrons. The van der Waals surface area contributed by atoms with Gasteiger partial charge >= 0.3 is 0 Å². The Hall–Kier alpha value is -0.240. The van der Waals surface area contributed by atoms with Gasteiger partial charge in [0.05, 0.1) is 0 Å². The van der Waals surface area contributed by atoms with E-state index in [9.17, 15) is 15.3 Å². The third kappa shape index (κ3) is 1.45. The van der Waals surface area contributed by atoms with Crippen molar-refractivity contribution < 1.29 is 30.6 Å². The lowest BCUT2D eigenvalue weighted by atomic mass is 9.76. The lowest BCUT2D eigenvalue weighted by molar-refractivity contribution is -0.252. The summed E-state index contributed by atoms with van der Waals surface area (Å²) in [5.41, 5.74) is -2.28. The molecule has 1 aliphatic rings. The predicted molar refractivity (Wildman–Crippen MR) is 40.3 cm³/mol. The van der Waals surface area contributed by atoms with E-state index >= 15 is 0 Å². The summed E-state index contributed by atoms with van der Waals surface area (Å²) < 4.78 is 0. The Kier molecular flexibility index (Phi) is 2.63. The lowest BCUT2D eigenvalue weighted by Gasteiger charge is -2.45. The van der Waals surface area contributed by atoms with E-state index in [2.05, 4.69) is 6.92 Å². The van der Waals surface area contributed by atoms with Crippen LogP contribution in [0.4, 0.5) is 0 Å². The minimum Gasteiger partial charge on any atom is -0.387 e. The summed E-state index contributed by atoms with van der Waals surface area (Å²) in [6, 6.07) is 0. The van der Waals surface area contributed by atoms with Gasteiger partial charge in [-0.3, -0.25) is 0 Å². The lowest BCUT2D eigenvalue weighted by Crippen LogP contribution is -2.69. The minimum absolute atomic E-state index is 1.70. The molecule has 6 nitrogen and oxygen atoms in total. The summed E-state index contributed by atoms with van der Waals surface area (Å²) in [5.74, 6) is 0. The van der Waals surface area contributed by atoms with Crippen LogP contribution in [0.1, 0.15) is 0 Å². The first kappa shape index (κ1) is 10.8. The van der Waals surface area contributed by atoms with Crippen molar-refractivity contribution in [1.29, 1.82) is 0 Å². The molecule has 0 saturated heterocycles. The third-order valence-electron chi connectivity index (χ3n) is 2.37. The molecule has 1 rings (SSSR count). The molecule has 6 atom stereocenters. The molecule has 1 aliphatic carbocycles. The zero-order valence-corrected chi connectivity index (χ0v) is 6.78. The highest BCUT2D eigenvalue weighted by Crippen LogP contribution is 2.29. The zero-order valence-electron chi connectivity index (χ0n) is 6.78. The molecule has 0 spiro atoms. The van der Waals surface area contributed by atoms with Crippen LogP contribution in [0.25, 0.3) is 0 Å². The number of aliphatic hydroxyl groups is 6. The van der Waals surface area contributed by atoms with Gasteiger partial charge in [0.25, 0.3) is 0 Å². The quantitative estimate of drug-likeness (QED) is 0.236. The van der Waals surface area contributed by atoms with Crippen LogP contribution in [0.15, 0.2) is 0 Å². The highest BCUT2D eigenvalue weighted by molar-refractivity contribution is 5.09. The SMILES string of the molecule is [CH2][C@]1(O)[C@H](O)[C@H](O)[C@@H](O)[C@H](O)[C@H]1O. The monoisotopic (exact) mass is 193 g/mol. The molecular weight excluding hydrogens is 180 g/mol. The molecule has 1 saturated carbocycles. The molecule has 0 heterocycles. The standard InChI is InChI=1S/C7H13O6/c1-7(13)5(11)3(9)2(8)4(10)6(7)12/h2-6,8-13H,1H2/t2-,3-,4+,5-,6-,7+/m1/s1. The molecule has 0 amide bonds. The predicted octanol–water partition coefficient (Wildman–Crippen LogP) is -3.63.